The molecule has 1 rings (SSSR count). The minimum Gasteiger partial charge on any atom is -0.477 e. The molecule has 0 N–H and O–H groups in total. The molecule has 82 valence electrons. The van der Waals surface area contributed by atoms with Crippen LogP contribution >= 0.6 is 0 Å². The molecule has 0 fully saturated rings. The van der Waals surface area contributed by atoms with E-state index in [0.717, 1.165) is 6.07 Å². The molecule has 0 aromatic heterocycles. The lowest BCUT2D eigenvalue weighted by atomic mass is 10.2. The van der Waals surface area contributed by atoms with Crippen LogP contribution in [0, 0.1) is 22.5 Å². The van der Waals surface area contributed by atoms with Gasteiger partial charge in [-0.05, 0) is 13.0 Å². The zero-order chi connectivity index (χ0) is 12.1. The number of hydrogen-bond donors (Lipinski definition) is 0. The van der Waals surface area contributed by atoms with Gasteiger partial charge in [-0.3, -0.25) is 14.9 Å². The van der Waals surface area contributed by atoms with Crippen LogP contribution in [0.5, 0.6) is 5.75 Å². The van der Waals surface area contributed by atoms with Crippen LogP contribution in [-0.2, 0) is 0 Å². The van der Waals surface area contributed by atoms with Crippen molar-refractivity contribution < 1.29 is 14.5 Å². The molecular formula is C11H9NO4. The number of carbonyl (C=O) groups is 1. The van der Waals surface area contributed by atoms with Crippen LogP contribution in [-0.4, -0.2) is 17.3 Å². The SMILES string of the molecule is C#CC(C)Oc1ccc([N+](=O)[O-])cc1C=O. The van der Waals surface area contributed by atoms with E-state index in [0.29, 0.717) is 6.29 Å². The molecule has 1 aromatic carbocycles. The van der Waals surface area contributed by atoms with Gasteiger partial charge in [0.25, 0.3) is 5.69 Å². The van der Waals surface area contributed by atoms with Crippen LogP contribution in [0.3, 0.4) is 0 Å². The highest BCUT2D eigenvalue weighted by atomic mass is 16.6. The fourth-order valence-corrected chi connectivity index (χ4v) is 1.07. The Balaban J connectivity index is 3.08. The molecule has 0 aliphatic heterocycles. The first-order valence-electron chi connectivity index (χ1n) is 4.45. The summed E-state index contributed by atoms with van der Waals surface area (Å²) in [5, 5.41) is 10.5. The first-order valence-corrected chi connectivity index (χ1v) is 4.45. The van der Waals surface area contributed by atoms with E-state index in [4.69, 9.17) is 11.2 Å². The maximum absolute atomic E-state index is 10.7. The topological polar surface area (TPSA) is 69.4 Å². The van der Waals surface area contributed by atoms with Gasteiger partial charge in [0.2, 0.25) is 0 Å². The average Bonchev–Trinajstić information content (AvgIpc) is 2.29. The van der Waals surface area contributed by atoms with Gasteiger partial charge in [-0.2, -0.15) is 0 Å². The predicted molar refractivity (Wildman–Crippen MR) is 57.4 cm³/mol. The number of nitro benzene ring substituents is 1. The summed E-state index contributed by atoms with van der Waals surface area (Å²) < 4.78 is 5.23. The van der Waals surface area contributed by atoms with Crippen molar-refractivity contribution in [3.8, 4) is 18.1 Å². The van der Waals surface area contributed by atoms with Gasteiger partial charge >= 0.3 is 0 Å². The van der Waals surface area contributed by atoms with Crippen molar-refractivity contribution in [1.82, 2.24) is 0 Å². The quantitative estimate of drug-likeness (QED) is 0.335. The third kappa shape index (κ3) is 2.58. The van der Waals surface area contributed by atoms with Crippen molar-refractivity contribution in [2.75, 3.05) is 0 Å². The molecule has 0 heterocycles. The van der Waals surface area contributed by atoms with E-state index in [2.05, 4.69) is 5.92 Å². The Kier molecular flexibility index (Phi) is 3.62. The summed E-state index contributed by atoms with van der Waals surface area (Å²) in [6, 6.07) is 3.76. The largest absolute Gasteiger partial charge is 0.477 e. The summed E-state index contributed by atoms with van der Waals surface area (Å²) in [5.41, 5.74) is -0.0564. The molecule has 0 aliphatic rings. The first kappa shape index (κ1) is 11.7. The molecule has 5 nitrogen and oxygen atoms in total. The average molecular weight is 219 g/mol. The Labute approximate surface area is 92.2 Å². The lowest BCUT2D eigenvalue weighted by molar-refractivity contribution is -0.384. The van der Waals surface area contributed by atoms with Crippen molar-refractivity contribution in [3.05, 3.63) is 33.9 Å². The second kappa shape index (κ2) is 4.94. The lowest BCUT2D eigenvalue weighted by Crippen LogP contribution is -2.09. The molecule has 1 aromatic rings. The monoisotopic (exact) mass is 219 g/mol. The molecule has 1 unspecified atom stereocenters. The summed E-state index contributed by atoms with van der Waals surface area (Å²) >= 11 is 0. The maximum Gasteiger partial charge on any atom is 0.270 e. The minimum atomic E-state index is -0.582. The highest BCUT2D eigenvalue weighted by Crippen LogP contribution is 2.23. The number of non-ortho nitro benzene ring substituents is 1. The van der Waals surface area contributed by atoms with Gasteiger partial charge in [-0.15, -0.1) is 6.42 Å². The number of rotatable bonds is 4. The molecule has 5 heteroatoms. The summed E-state index contributed by atoms with van der Waals surface area (Å²) in [6.07, 6.45) is 5.11. The number of benzene rings is 1. The zero-order valence-corrected chi connectivity index (χ0v) is 8.54. The zero-order valence-electron chi connectivity index (χ0n) is 8.54. The molecule has 0 amide bonds. The van der Waals surface area contributed by atoms with E-state index in [1.165, 1.54) is 12.1 Å². The van der Waals surface area contributed by atoms with Crippen molar-refractivity contribution in [1.29, 1.82) is 0 Å². The molecule has 0 bridgehead atoms. The summed E-state index contributed by atoms with van der Waals surface area (Å²) in [4.78, 5) is 20.6. The van der Waals surface area contributed by atoms with Crippen LogP contribution in [0.15, 0.2) is 18.2 Å². The molecule has 0 aliphatic carbocycles. The van der Waals surface area contributed by atoms with E-state index >= 15 is 0 Å². The Morgan fingerprint density at radius 3 is 2.81 bits per heavy atom. The number of terminal acetylenes is 1. The van der Waals surface area contributed by atoms with Crippen molar-refractivity contribution in [3.63, 3.8) is 0 Å². The van der Waals surface area contributed by atoms with Crippen LogP contribution in [0.25, 0.3) is 0 Å². The second-order valence-corrected chi connectivity index (χ2v) is 3.02. The fraction of sp³-hybridized carbons (Fsp3) is 0.182. The Hall–Kier alpha value is -2.35. The highest BCUT2D eigenvalue weighted by molar-refractivity contribution is 5.80. The molecule has 0 saturated carbocycles. The number of hydrogen-bond acceptors (Lipinski definition) is 4. The molecule has 16 heavy (non-hydrogen) atoms. The molecule has 1 atom stereocenters. The summed E-state index contributed by atoms with van der Waals surface area (Å²) in [6.45, 7) is 1.63. The van der Waals surface area contributed by atoms with Crippen molar-refractivity contribution >= 4 is 12.0 Å². The van der Waals surface area contributed by atoms with Crippen LogP contribution in [0.1, 0.15) is 17.3 Å². The maximum atomic E-state index is 10.7. The van der Waals surface area contributed by atoms with Crippen LogP contribution in [0.2, 0.25) is 0 Å². The number of nitrogens with zero attached hydrogens (tertiary/aromatic N) is 1. The van der Waals surface area contributed by atoms with Gasteiger partial charge in [-0.1, -0.05) is 5.92 Å². The number of ether oxygens (including phenoxy) is 1. The second-order valence-electron chi connectivity index (χ2n) is 3.02. The van der Waals surface area contributed by atoms with Crippen molar-refractivity contribution in [2.45, 2.75) is 13.0 Å². The van der Waals surface area contributed by atoms with Gasteiger partial charge < -0.3 is 4.74 Å². The first-order chi connectivity index (χ1) is 7.58. The normalized spacial score (nSPS) is 11.2. The Morgan fingerprint density at radius 2 is 2.31 bits per heavy atom. The standard InChI is InChI=1S/C11H9NO4/c1-3-8(2)16-11-5-4-10(12(14)15)6-9(11)7-13/h1,4-8H,2H3. The van der Waals surface area contributed by atoms with E-state index in [9.17, 15) is 14.9 Å². The molecule has 0 radical (unpaired) electrons. The minimum absolute atomic E-state index is 0.108. The van der Waals surface area contributed by atoms with E-state index < -0.39 is 11.0 Å². The van der Waals surface area contributed by atoms with Gasteiger partial charge in [-0.25, -0.2) is 0 Å². The van der Waals surface area contributed by atoms with Gasteiger partial charge in [0.15, 0.2) is 12.4 Å². The number of nitro groups is 1. The smallest absolute Gasteiger partial charge is 0.270 e. The fourth-order valence-electron chi connectivity index (χ4n) is 1.07. The van der Waals surface area contributed by atoms with Gasteiger partial charge in [0.05, 0.1) is 10.5 Å². The van der Waals surface area contributed by atoms with Crippen molar-refractivity contribution in [2.24, 2.45) is 0 Å². The van der Waals surface area contributed by atoms with E-state index in [-0.39, 0.29) is 17.0 Å². The van der Waals surface area contributed by atoms with E-state index in [1.54, 1.807) is 6.92 Å². The number of aldehydes is 1. The summed E-state index contributed by atoms with van der Waals surface area (Å²) in [5.74, 6) is 2.57. The lowest BCUT2D eigenvalue weighted by Gasteiger charge is -2.10. The third-order valence-electron chi connectivity index (χ3n) is 1.87. The summed E-state index contributed by atoms with van der Waals surface area (Å²) in [7, 11) is 0. The van der Waals surface area contributed by atoms with E-state index in [1.807, 2.05) is 0 Å². The Bertz CT molecular complexity index is 462. The third-order valence-corrected chi connectivity index (χ3v) is 1.87. The van der Waals surface area contributed by atoms with Crippen LogP contribution < -0.4 is 4.74 Å². The van der Waals surface area contributed by atoms with Crippen LogP contribution in [0.4, 0.5) is 5.69 Å². The molecular weight excluding hydrogens is 210 g/mol. The van der Waals surface area contributed by atoms with Gasteiger partial charge in [0.1, 0.15) is 5.75 Å². The molecule has 0 spiro atoms. The highest BCUT2D eigenvalue weighted by Gasteiger charge is 2.12. The Morgan fingerprint density at radius 1 is 1.62 bits per heavy atom. The van der Waals surface area contributed by atoms with Gasteiger partial charge in [0, 0.05) is 12.1 Å². The molecule has 0 saturated heterocycles. The number of carbonyl (C=O) groups excluding carboxylic acids is 1. The predicted octanol–water partition coefficient (Wildman–Crippen LogP) is 1.81.